The van der Waals surface area contributed by atoms with Crippen LogP contribution in [0.1, 0.15) is 24.0 Å². The lowest BCUT2D eigenvalue weighted by atomic mass is 9.84. The van der Waals surface area contributed by atoms with Crippen LogP contribution in [-0.2, 0) is 22.1 Å². The molecule has 1 aromatic carbocycles. The van der Waals surface area contributed by atoms with Crippen LogP contribution in [0.15, 0.2) is 24.3 Å². The van der Waals surface area contributed by atoms with Crippen molar-refractivity contribution < 1.29 is 27.8 Å². The third-order valence-electron chi connectivity index (χ3n) is 4.04. The van der Waals surface area contributed by atoms with Crippen LogP contribution < -0.4 is 0 Å². The summed E-state index contributed by atoms with van der Waals surface area (Å²) in [7, 11) is 1.51. The van der Waals surface area contributed by atoms with Crippen molar-refractivity contribution in [1.82, 2.24) is 0 Å². The van der Waals surface area contributed by atoms with E-state index < -0.39 is 23.4 Å². The van der Waals surface area contributed by atoms with E-state index in [4.69, 9.17) is 9.47 Å². The highest BCUT2D eigenvalue weighted by Crippen LogP contribution is 2.32. The quantitative estimate of drug-likeness (QED) is 0.929. The highest BCUT2D eigenvalue weighted by molar-refractivity contribution is 5.26. The number of benzene rings is 1. The topological polar surface area (TPSA) is 38.7 Å². The Morgan fingerprint density at radius 1 is 1.33 bits per heavy atom. The number of aliphatic hydroxyl groups excluding tert-OH is 1. The van der Waals surface area contributed by atoms with Gasteiger partial charge in [-0.25, -0.2) is 0 Å². The molecule has 0 spiro atoms. The van der Waals surface area contributed by atoms with Crippen LogP contribution >= 0.6 is 0 Å². The normalized spacial score (nSPS) is 20.2. The largest absolute Gasteiger partial charge is 0.416 e. The minimum Gasteiger partial charge on any atom is -0.390 e. The van der Waals surface area contributed by atoms with Gasteiger partial charge in [0.25, 0.3) is 0 Å². The van der Waals surface area contributed by atoms with Crippen LogP contribution in [-0.4, -0.2) is 37.1 Å². The highest BCUT2D eigenvalue weighted by atomic mass is 19.4. The Bertz CT molecular complexity index is 467. The van der Waals surface area contributed by atoms with Crippen molar-refractivity contribution in [3.8, 4) is 0 Å². The van der Waals surface area contributed by atoms with E-state index >= 15 is 0 Å². The Morgan fingerprint density at radius 2 is 2.00 bits per heavy atom. The molecule has 3 nitrogen and oxygen atoms in total. The molecule has 0 bridgehead atoms. The summed E-state index contributed by atoms with van der Waals surface area (Å²) < 4.78 is 48.8. The molecule has 21 heavy (non-hydrogen) atoms. The Balaban J connectivity index is 2.13. The molecule has 2 rings (SSSR count). The zero-order valence-electron chi connectivity index (χ0n) is 11.8. The third kappa shape index (κ3) is 3.75. The van der Waals surface area contributed by atoms with Gasteiger partial charge in [-0.3, -0.25) is 0 Å². The SMILES string of the molecule is COC1(C(O)Cc2cccc(C(F)(F)F)c2)CCOCC1. The molecule has 1 aromatic rings. The van der Waals surface area contributed by atoms with E-state index in [0.29, 0.717) is 31.6 Å². The molecule has 0 aliphatic carbocycles. The van der Waals surface area contributed by atoms with Crippen molar-refractivity contribution >= 4 is 0 Å². The van der Waals surface area contributed by atoms with E-state index in [-0.39, 0.29) is 6.42 Å². The fourth-order valence-corrected chi connectivity index (χ4v) is 2.67. The summed E-state index contributed by atoms with van der Waals surface area (Å²) in [6, 6.07) is 5.04. The maximum Gasteiger partial charge on any atom is 0.416 e. The second kappa shape index (κ2) is 6.34. The molecule has 1 aliphatic heterocycles. The predicted octanol–water partition coefficient (Wildman–Crippen LogP) is 2.80. The molecule has 0 saturated carbocycles. The lowest BCUT2D eigenvalue weighted by Gasteiger charge is -2.39. The van der Waals surface area contributed by atoms with Gasteiger partial charge in [0.1, 0.15) is 0 Å². The molecule has 1 saturated heterocycles. The molecule has 1 heterocycles. The van der Waals surface area contributed by atoms with Crippen LogP contribution in [0.25, 0.3) is 0 Å². The van der Waals surface area contributed by atoms with Gasteiger partial charge in [0.05, 0.1) is 17.3 Å². The minimum atomic E-state index is -4.38. The number of ether oxygens (including phenoxy) is 2. The van der Waals surface area contributed by atoms with Gasteiger partial charge in [-0.1, -0.05) is 18.2 Å². The van der Waals surface area contributed by atoms with Crippen molar-refractivity contribution in [2.75, 3.05) is 20.3 Å². The maximum absolute atomic E-state index is 12.7. The summed E-state index contributed by atoms with van der Waals surface area (Å²) in [5, 5.41) is 10.4. The van der Waals surface area contributed by atoms with Crippen molar-refractivity contribution in [3.05, 3.63) is 35.4 Å². The summed E-state index contributed by atoms with van der Waals surface area (Å²) in [6.07, 6.45) is -4.06. The van der Waals surface area contributed by atoms with Crippen LogP contribution in [0.2, 0.25) is 0 Å². The first-order chi connectivity index (χ1) is 9.87. The number of methoxy groups -OCH3 is 1. The summed E-state index contributed by atoms with van der Waals surface area (Å²) in [5.74, 6) is 0. The molecule has 1 atom stereocenters. The predicted molar refractivity (Wildman–Crippen MR) is 70.9 cm³/mol. The lowest BCUT2D eigenvalue weighted by molar-refractivity contribution is -0.151. The number of hydrogen-bond donors (Lipinski definition) is 1. The van der Waals surface area contributed by atoms with E-state index in [1.54, 1.807) is 6.07 Å². The molecule has 0 aromatic heterocycles. The molecule has 1 aliphatic rings. The van der Waals surface area contributed by atoms with Gasteiger partial charge >= 0.3 is 6.18 Å². The van der Waals surface area contributed by atoms with Gasteiger partial charge in [0, 0.05) is 39.6 Å². The average Bonchev–Trinajstić information content (AvgIpc) is 2.47. The Labute approximate surface area is 121 Å². The van der Waals surface area contributed by atoms with E-state index in [1.165, 1.54) is 13.2 Å². The maximum atomic E-state index is 12.7. The minimum absolute atomic E-state index is 0.123. The van der Waals surface area contributed by atoms with Crippen molar-refractivity contribution in [3.63, 3.8) is 0 Å². The fraction of sp³-hybridized carbons (Fsp3) is 0.600. The second-order valence-electron chi connectivity index (χ2n) is 5.30. The monoisotopic (exact) mass is 304 g/mol. The summed E-state index contributed by atoms with van der Waals surface area (Å²) in [5.41, 5.74) is -1.00. The summed E-state index contributed by atoms with van der Waals surface area (Å²) in [6.45, 7) is 0.959. The van der Waals surface area contributed by atoms with Gasteiger partial charge in [-0.05, 0) is 11.6 Å². The molecular weight excluding hydrogens is 285 g/mol. The Kier molecular flexibility index (Phi) is 4.91. The van der Waals surface area contributed by atoms with Crippen molar-refractivity contribution in [1.29, 1.82) is 0 Å². The first-order valence-electron chi connectivity index (χ1n) is 6.84. The fourth-order valence-electron chi connectivity index (χ4n) is 2.67. The zero-order valence-corrected chi connectivity index (χ0v) is 11.8. The van der Waals surface area contributed by atoms with Crippen LogP contribution in [0.5, 0.6) is 0 Å². The molecule has 1 N–H and O–H groups in total. The van der Waals surface area contributed by atoms with Gasteiger partial charge in [0.2, 0.25) is 0 Å². The first kappa shape index (κ1) is 16.3. The smallest absolute Gasteiger partial charge is 0.390 e. The van der Waals surface area contributed by atoms with Crippen LogP contribution in [0, 0.1) is 0 Å². The van der Waals surface area contributed by atoms with E-state index in [2.05, 4.69) is 0 Å². The van der Waals surface area contributed by atoms with Crippen molar-refractivity contribution in [2.45, 2.75) is 37.1 Å². The van der Waals surface area contributed by atoms with Gasteiger partial charge < -0.3 is 14.6 Å². The van der Waals surface area contributed by atoms with Gasteiger partial charge in [0.15, 0.2) is 0 Å². The van der Waals surface area contributed by atoms with Crippen LogP contribution in [0.3, 0.4) is 0 Å². The standard InChI is InChI=1S/C15H19F3O3/c1-20-14(5-7-21-8-6-14)13(19)10-11-3-2-4-12(9-11)15(16,17)18/h2-4,9,13,19H,5-8,10H2,1H3. The number of halogens is 3. The summed E-state index contributed by atoms with van der Waals surface area (Å²) >= 11 is 0. The Hall–Kier alpha value is -1.11. The summed E-state index contributed by atoms with van der Waals surface area (Å²) in [4.78, 5) is 0. The van der Waals surface area contributed by atoms with Gasteiger partial charge in [-0.15, -0.1) is 0 Å². The first-order valence-corrected chi connectivity index (χ1v) is 6.84. The third-order valence-corrected chi connectivity index (χ3v) is 4.04. The molecule has 1 fully saturated rings. The second-order valence-corrected chi connectivity index (χ2v) is 5.30. The highest BCUT2D eigenvalue weighted by Gasteiger charge is 2.40. The van der Waals surface area contributed by atoms with Gasteiger partial charge in [-0.2, -0.15) is 13.2 Å². The van der Waals surface area contributed by atoms with Crippen molar-refractivity contribution in [2.24, 2.45) is 0 Å². The number of rotatable bonds is 4. The molecular formula is C15H19F3O3. The number of aliphatic hydroxyl groups is 1. The van der Waals surface area contributed by atoms with E-state index in [9.17, 15) is 18.3 Å². The zero-order chi connectivity index (χ0) is 15.5. The molecule has 0 radical (unpaired) electrons. The van der Waals surface area contributed by atoms with E-state index in [0.717, 1.165) is 12.1 Å². The van der Waals surface area contributed by atoms with Crippen LogP contribution in [0.4, 0.5) is 13.2 Å². The average molecular weight is 304 g/mol. The molecule has 1 unspecified atom stereocenters. The lowest BCUT2D eigenvalue weighted by Crippen LogP contribution is -2.49. The van der Waals surface area contributed by atoms with E-state index in [1.807, 2.05) is 0 Å². The Morgan fingerprint density at radius 3 is 2.57 bits per heavy atom. The number of hydrogen-bond acceptors (Lipinski definition) is 3. The molecule has 118 valence electrons. The number of alkyl halides is 3. The molecule has 6 heteroatoms. The molecule has 0 amide bonds.